The molecule has 0 saturated carbocycles. The third-order valence-electron chi connectivity index (χ3n) is 5.89. The number of rotatable bonds is 4. The van der Waals surface area contributed by atoms with Crippen LogP contribution in [0.25, 0.3) is 5.52 Å². The zero-order chi connectivity index (χ0) is 20.9. The van der Waals surface area contributed by atoms with Crippen molar-refractivity contribution < 1.29 is 19.4 Å². The van der Waals surface area contributed by atoms with E-state index in [1.807, 2.05) is 19.2 Å². The Bertz CT molecular complexity index is 919. The van der Waals surface area contributed by atoms with E-state index in [-0.39, 0.29) is 17.5 Å². The molecule has 2 aromatic rings. The summed E-state index contributed by atoms with van der Waals surface area (Å²) >= 11 is 0. The lowest BCUT2D eigenvalue weighted by Gasteiger charge is -2.38. The minimum atomic E-state index is -2.19. The Morgan fingerprint density at radius 2 is 2.07 bits per heavy atom. The van der Waals surface area contributed by atoms with Crippen molar-refractivity contribution >= 4 is 19.7 Å². The lowest BCUT2D eigenvalue weighted by Crippen LogP contribution is -2.51. The number of anilines is 1. The first-order valence-corrected chi connectivity index (χ1v) is 12.0. The summed E-state index contributed by atoms with van der Waals surface area (Å²) in [5, 5.41) is 35.2. The van der Waals surface area contributed by atoms with Gasteiger partial charge in [0.1, 0.15) is 36.2 Å². The fraction of sp³-hybridized carbons (Fsp3) is 0.611. The second-order valence-electron chi connectivity index (χ2n) is 8.72. The Morgan fingerprint density at radius 3 is 2.68 bits per heavy atom. The summed E-state index contributed by atoms with van der Waals surface area (Å²) in [6, 6.07) is 5.42. The van der Waals surface area contributed by atoms with Crippen LogP contribution in [0.1, 0.15) is 32.6 Å². The van der Waals surface area contributed by atoms with Crippen LogP contribution in [0.3, 0.4) is 0 Å². The van der Waals surface area contributed by atoms with Crippen molar-refractivity contribution in [2.75, 3.05) is 12.3 Å². The van der Waals surface area contributed by atoms with Crippen LogP contribution in [0.5, 0.6) is 0 Å². The van der Waals surface area contributed by atoms with Crippen LogP contribution in [-0.4, -0.2) is 57.5 Å². The van der Waals surface area contributed by atoms with Crippen molar-refractivity contribution in [1.82, 2.24) is 14.6 Å². The summed E-state index contributed by atoms with van der Waals surface area (Å²) in [6.07, 6.45) is -2.43. The van der Waals surface area contributed by atoms with Crippen molar-refractivity contribution in [3.8, 4) is 6.07 Å². The van der Waals surface area contributed by atoms with Crippen LogP contribution >= 0.6 is 0 Å². The molecule has 2 aromatic heterocycles. The second kappa shape index (κ2) is 6.79. The van der Waals surface area contributed by atoms with Crippen molar-refractivity contribution in [2.24, 2.45) is 0 Å². The number of ether oxygens (including phenoxy) is 1. The summed E-state index contributed by atoms with van der Waals surface area (Å²) in [4.78, 5) is 3.93. The van der Waals surface area contributed by atoms with Gasteiger partial charge in [-0.3, -0.25) is 0 Å². The maximum Gasteiger partial charge on any atom is 0.205 e. The lowest BCUT2D eigenvalue weighted by molar-refractivity contribution is -0.0715. The van der Waals surface area contributed by atoms with E-state index in [4.69, 9.17) is 14.9 Å². The summed E-state index contributed by atoms with van der Waals surface area (Å²) in [5.41, 5.74) is 5.20. The average molecular weight is 406 g/mol. The molecule has 28 heavy (non-hydrogen) atoms. The molecule has 0 amide bonds. The molecule has 1 aliphatic rings. The van der Waals surface area contributed by atoms with E-state index in [9.17, 15) is 15.5 Å². The van der Waals surface area contributed by atoms with Gasteiger partial charge in [-0.2, -0.15) is 10.4 Å². The van der Waals surface area contributed by atoms with Crippen LogP contribution in [0, 0.1) is 11.3 Å². The molecule has 0 unspecified atom stereocenters. The highest BCUT2D eigenvalue weighted by atomic mass is 28.4. The number of nitrogens with two attached hydrogens (primary N) is 1. The molecule has 0 aromatic carbocycles. The van der Waals surface area contributed by atoms with Gasteiger partial charge >= 0.3 is 0 Å². The highest BCUT2D eigenvalue weighted by Crippen LogP contribution is 2.43. The van der Waals surface area contributed by atoms with Crippen molar-refractivity contribution in [3.63, 3.8) is 0 Å². The van der Waals surface area contributed by atoms with E-state index in [1.54, 1.807) is 12.1 Å². The zero-order valence-electron chi connectivity index (χ0n) is 16.7. The molecule has 9 nitrogen and oxygen atoms in total. The summed E-state index contributed by atoms with van der Waals surface area (Å²) in [6.45, 7) is 10.2. The number of fused-ring (bicyclic) bond motifs is 1. The molecule has 1 fully saturated rings. The Balaban J connectivity index is 1.92. The Morgan fingerprint density at radius 1 is 1.39 bits per heavy atom. The quantitative estimate of drug-likeness (QED) is 0.649. The van der Waals surface area contributed by atoms with Gasteiger partial charge in [0.15, 0.2) is 14.1 Å². The first-order chi connectivity index (χ1) is 12.9. The highest BCUT2D eigenvalue weighted by molar-refractivity contribution is 6.74. The SMILES string of the molecule is CC(C)(C)[Si](C)(C)OC[C@@]1(C#N)O[C@@H](c2ccc3c(N)ncnn23)[C@H](O)[C@@H]1O. The molecule has 1 aliphatic heterocycles. The average Bonchev–Trinajstić information content (AvgIpc) is 3.15. The lowest BCUT2D eigenvalue weighted by atomic mass is 9.96. The minimum Gasteiger partial charge on any atom is -0.413 e. The van der Waals surface area contributed by atoms with E-state index in [2.05, 4.69) is 30.9 Å². The number of aliphatic hydroxyl groups is 2. The highest BCUT2D eigenvalue weighted by Gasteiger charge is 2.57. The predicted octanol–water partition coefficient (Wildman–Crippen LogP) is 1.39. The van der Waals surface area contributed by atoms with Gasteiger partial charge in [0.25, 0.3) is 0 Å². The molecule has 4 atom stereocenters. The van der Waals surface area contributed by atoms with E-state index >= 15 is 0 Å². The third kappa shape index (κ3) is 3.19. The molecule has 3 heterocycles. The normalized spacial score (nSPS) is 28.6. The number of hydrogen-bond donors (Lipinski definition) is 3. The van der Waals surface area contributed by atoms with Crippen molar-refractivity contribution in [1.29, 1.82) is 5.26 Å². The minimum absolute atomic E-state index is 0.0720. The smallest absolute Gasteiger partial charge is 0.205 e. The first kappa shape index (κ1) is 20.7. The predicted molar refractivity (Wildman–Crippen MR) is 105 cm³/mol. The standard InChI is InChI=1S/C18H27N5O4Si/c1-17(2,3)28(4,5)26-9-18(8-19)15(25)13(24)14(27-18)11-6-7-12-16(20)21-10-22-23(11)12/h6-7,10,13-15,24-25H,9H2,1-5H3,(H2,20,21,22)/t13-,14-,15-,18+/m0/s1. The molecule has 1 saturated heterocycles. The summed E-state index contributed by atoms with van der Waals surface area (Å²) in [5.74, 6) is 0.280. The monoisotopic (exact) mass is 405 g/mol. The van der Waals surface area contributed by atoms with Crippen molar-refractivity contribution in [3.05, 3.63) is 24.2 Å². The Kier molecular flexibility index (Phi) is 5.02. The maximum absolute atomic E-state index is 10.7. The number of aromatic nitrogens is 3. The molecule has 152 valence electrons. The number of nitrogens with zero attached hydrogens (tertiary/aromatic N) is 4. The summed E-state index contributed by atoms with van der Waals surface area (Å²) < 4.78 is 13.6. The number of nitrogen functional groups attached to an aromatic ring is 1. The van der Waals surface area contributed by atoms with Crippen LogP contribution in [0.4, 0.5) is 5.82 Å². The van der Waals surface area contributed by atoms with Gasteiger partial charge in [-0.15, -0.1) is 0 Å². The molecule has 0 spiro atoms. The number of aliphatic hydroxyl groups excluding tert-OH is 2. The molecule has 4 N–H and O–H groups in total. The van der Waals surface area contributed by atoms with Gasteiger partial charge in [0.2, 0.25) is 5.60 Å². The van der Waals surface area contributed by atoms with Crippen LogP contribution in [-0.2, 0) is 9.16 Å². The van der Waals surface area contributed by atoms with E-state index < -0.39 is 32.2 Å². The first-order valence-electron chi connectivity index (χ1n) is 9.11. The molecule has 0 bridgehead atoms. The van der Waals surface area contributed by atoms with Gasteiger partial charge in [0, 0.05) is 0 Å². The zero-order valence-corrected chi connectivity index (χ0v) is 17.7. The number of nitriles is 1. The summed E-state index contributed by atoms with van der Waals surface area (Å²) in [7, 11) is -2.19. The van der Waals surface area contributed by atoms with Gasteiger partial charge in [-0.25, -0.2) is 9.50 Å². The Hall–Kier alpha value is -2.03. The second-order valence-corrected chi connectivity index (χ2v) is 13.5. The van der Waals surface area contributed by atoms with Gasteiger partial charge in [0.05, 0.1) is 12.3 Å². The topological polar surface area (TPSA) is 139 Å². The van der Waals surface area contributed by atoms with E-state index in [0.29, 0.717) is 11.2 Å². The molecular formula is C18H27N5O4Si. The van der Waals surface area contributed by atoms with E-state index in [0.717, 1.165) is 0 Å². The maximum atomic E-state index is 10.7. The molecule has 3 rings (SSSR count). The fourth-order valence-electron chi connectivity index (χ4n) is 2.98. The molecule has 0 radical (unpaired) electrons. The molecule has 0 aliphatic carbocycles. The van der Waals surface area contributed by atoms with Gasteiger partial charge < -0.3 is 25.1 Å². The Labute approximate surface area is 164 Å². The largest absolute Gasteiger partial charge is 0.413 e. The van der Waals surface area contributed by atoms with Crippen LogP contribution in [0.2, 0.25) is 18.1 Å². The molecular weight excluding hydrogens is 378 g/mol. The van der Waals surface area contributed by atoms with Gasteiger partial charge in [-0.05, 0) is 30.3 Å². The third-order valence-corrected chi connectivity index (χ3v) is 10.4. The molecule has 10 heteroatoms. The van der Waals surface area contributed by atoms with E-state index in [1.165, 1.54) is 10.8 Å². The van der Waals surface area contributed by atoms with Crippen LogP contribution in [0.15, 0.2) is 18.5 Å². The number of hydrogen-bond acceptors (Lipinski definition) is 8. The van der Waals surface area contributed by atoms with Crippen LogP contribution < -0.4 is 5.73 Å². The van der Waals surface area contributed by atoms with Gasteiger partial charge in [-0.1, -0.05) is 20.8 Å². The fourth-order valence-corrected chi connectivity index (χ4v) is 3.99. The van der Waals surface area contributed by atoms with Crippen molar-refractivity contribution in [2.45, 2.75) is 62.8 Å².